The summed E-state index contributed by atoms with van der Waals surface area (Å²) in [5.41, 5.74) is 6.02. The molecule has 122 valence electrons. The molecule has 1 aliphatic rings. The van der Waals surface area contributed by atoms with E-state index in [0.717, 1.165) is 6.08 Å². The van der Waals surface area contributed by atoms with Crippen LogP contribution in [-0.2, 0) is 4.74 Å². The molecule has 0 heterocycles. The highest BCUT2D eigenvalue weighted by molar-refractivity contribution is 5.77. The van der Waals surface area contributed by atoms with E-state index in [2.05, 4.69) is 4.74 Å². The van der Waals surface area contributed by atoms with E-state index in [0.29, 0.717) is 16.9 Å². The molecule has 1 aromatic rings. The fourth-order valence-electron chi connectivity index (χ4n) is 2.38. The van der Waals surface area contributed by atoms with Crippen molar-refractivity contribution in [2.24, 2.45) is 11.7 Å². The van der Waals surface area contributed by atoms with Gasteiger partial charge in [0, 0.05) is 0 Å². The van der Waals surface area contributed by atoms with Crippen LogP contribution in [0.5, 0.6) is 5.75 Å². The maximum atomic E-state index is 12.5. The predicted molar refractivity (Wildman–Crippen MR) is 77.9 cm³/mol. The summed E-state index contributed by atoms with van der Waals surface area (Å²) in [6, 6.07) is 8.58. The van der Waals surface area contributed by atoms with Crippen molar-refractivity contribution in [1.29, 1.82) is 5.26 Å². The van der Waals surface area contributed by atoms with Gasteiger partial charge in [-0.25, -0.2) is 0 Å². The highest BCUT2D eigenvalue weighted by atomic mass is 19.4. The van der Waals surface area contributed by atoms with Crippen LogP contribution >= 0.6 is 0 Å². The lowest BCUT2D eigenvalue weighted by Crippen LogP contribution is -2.45. The molecule has 2 atom stereocenters. The normalized spacial score (nSPS) is 24.3. The van der Waals surface area contributed by atoms with Crippen molar-refractivity contribution in [3.8, 4) is 11.8 Å². The van der Waals surface area contributed by atoms with Gasteiger partial charge in [-0.05, 0) is 42.3 Å². The van der Waals surface area contributed by atoms with Crippen LogP contribution < -0.4 is 10.5 Å². The van der Waals surface area contributed by atoms with Gasteiger partial charge in [0.15, 0.2) is 0 Å². The predicted octanol–water partition coefficient (Wildman–Crippen LogP) is 3.37. The summed E-state index contributed by atoms with van der Waals surface area (Å²) in [6.07, 6.45) is -2.54. The summed E-state index contributed by atoms with van der Waals surface area (Å²) < 4.78 is 46.4. The quantitative estimate of drug-likeness (QED) is 0.925. The van der Waals surface area contributed by atoms with E-state index in [4.69, 9.17) is 10.5 Å². The Morgan fingerprint density at radius 2 is 1.87 bits per heavy atom. The van der Waals surface area contributed by atoms with Crippen molar-refractivity contribution in [3.05, 3.63) is 47.7 Å². The topological polar surface area (TPSA) is 68.3 Å². The van der Waals surface area contributed by atoms with Crippen molar-refractivity contribution < 1.29 is 22.6 Å². The summed E-state index contributed by atoms with van der Waals surface area (Å²) in [4.78, 5) is 0. The second-order valence-corrected chi connectivity index (χ2v) is 5.29. The fourth-order valence-corrected chi connectivity index (χ4v) is 2.38. The molecule has 0 saturated heterocycles. The monoisotopic (exact) mass is 324 g/mol. The molecule has 2 rings (SSSR count). The largest absolute Gasteiger partial charge is 0.573 e. The summed E-state index contributed by atoms with van der Waals surface area (Å²) in [5.74, 6) is -0.803. The van der Waals surface area contributed by atoms with Gasteiger partial charge in [-0.1, -0.05) is 12.1 Å². The maximum Gasteiger partial charge on any atom is 0.573 e. The summed E-state index contributed by atoms with van der Waals surface area (Å²) in [6.45, 7) is 1.60. The van der Waals surface area contributed by atoms with Crippen molar-refractivity contribution >= 4 is 5.57 Å². The molecular formula is C16H15F3N2O2. The Hall–Kier alpha value is -2.46. The average Bonchev–Trinajstić information content (AvgIpc) is 2.47. The minimum Gasteiger partial charge on any atom is -0.497 e. The standard InChI is InChI=1S/C16H15F3N2O2/c1-15(21)11(9-20)7-13(23-16(17,18)19)8-14(15)10-3-5-12(22-2)6-4-10/h3-8,11H,21H2,1-2H3. The molecule has 7 heteroatoms. The molecule has 0 aliphatic heterocycles. The molecule has 1 aliphatic carbocycles. The van der Waals surface area contributed by atoms with Crippen molar-refractivity contribution in [2.75, 3.05) is 7.11 Å². The van der Waals surface area contributed by atoms with Crippen LogP contribution in [0.25, 0.3) is 5.57 Å². The highest BCUT2D eigenvalue weighted by Crippen LogP contribution is 2.39. The van der Waals surface area contributed by atoms with E-state index >= 15 is 0 Å². The number of hydrogen-bond donors (Lipinski definition) is 1. The number of benzene rings is 1. The Morgan fingerprint density at radius 3 is 2.35 bits per heavy atom. The zero-order valence-electron chi connectivity index (χ0n) is 12.5. The molecule has 0 saturated carbocycles. The first-order valence-electron chi connectivity index (χ1n) is 6.70. The molecule has 0 aromatic heterocycles. The first-order chi connectivity index (χ1) is 10.7. The van der Waals surface area contributed by atoms with E-state index in [1.165, 1.54) is 13.2 Å². The van der Waals surface area contributed by atoms with Crippen molar-refractivity contribution in [2.45, 2.75) is 18.8 Å². The van der Waals surface area contributed by atoms with E-state index < -0.39 is 23.6 Å². The summed E-state index contributed by atoms with van der Waals surface area (Å²) >= 11 is 0. The number of methoxy groups -OCH3 is 1. The molecule has 4 nitrogen and oxygen atoms in total. The minimum absolute atomic E-state index is 0.383. The third kappa shape index (κ3) is 3.66. The van der Waals surface area contributed by atoms with Gasteiger partial charge in [0.05, 0.1) is 24.6 Å². The van der Waals surface area contributed by atoms with Crippen LogP contribution in [0.3, 0.4) is 0 Å². The van der Waals surface area contributed by atoms with Crippen molar-refractivity contribution in [3.63, 3.8) is 0 Å². The van der Waals surface area contributed by atoms with E-state index in [9.17, 15) is 18.4 Å². The zero-order valence-corrected chi connectivity index (χ0v) is 12.5. The lowest BCUT2D eigenvalue weighted by Gasteiger charge is -2.34. The third-order valence-electron chi connectivity index (χ3n) is 3.62. The molecule has 1 aromatic carbocycles. The lowest BCUT2D eigenvalue weighted by molar-refractivity contribution is -0.303. The van der Waals surface area contributed by atoms with Gasteiger partial charge in [0.25, 0.3) is 0 Å². The highest BCUT2D eigenvalue weighted by Gasteiger charge is 2.40. The van der Waals surface area contributed by atoms with E-state index in [1.807, 2.05) is 6.07 Å². The van der Waals surface area contributed by atoms with Gasteiger partial charge in [0.2, 0.25) is 0 Å². The van der Waals surface area contributed by atoms with Gasteiger partial charge >= 0.3 is 6.36 Å². The Bertz CT molecular complexity index is 683. The number of nitrogens with zero attached hydrogens (tertiary/aromatic N) is 1. The molecule has 23 heavy (non-hydrogen) atoms. The van der Waals surface area contributed by atoms with Gasteiger partial charge in [-0.15, -0.1) is 13.2 Å². The number of rotatable bonds is 3. The van der Waals surface area contributed by atoms with Crippen LogP contribution in [0.1, 0.15) is 12.5 Å². The number of alkyl halides is 3. The Balaban J connectivity index is 2.47. The van der Waals surface area contributed by atoms with Gasteiger partial charge < -0.3 is 15.2 Å². The molecular weight excluding hydrogens is 309 g/mol. The number of halogens is 3. The summed E-state index contributed by atoms with van der Waals surface area (Å²) in [5, 5.41) is 9.23. The Labute approximate surface area is 131 Å². The second-order valence-electron chi connectivity index (χ2n) is 5.29. The first-order valence-corrected chi connectivity index (χ1v) is 6.70. The average molecular weight is 324 g/mol. The number of allylic oxidation sites excluding steroid dienone is 1. The molecule has 0 fully saturated rings. The smallest absolute Gasteiger partial charge is 0.497 e. The maximum absolute atomic E-state index is 12.5. The molecule has 0 radical (unpaired) electrons. The van der Waals surface area contributed by atoms with Crippen molar-refractivity contribution in [1.82, 2.24) is 0 Å². The zero-order chi connectivity index (χ0) is 17.3. The van der Waals surface area contributed by atoms with Crippen LogP contribution in [0.4, 0.5) is 13.2 Å². The SMILES string of the molecule is COc1ccc(C2=CC(OC(F)(F)F)=CC(C#N)C2(C)N)cc1. The van der Waals surface area contributed by atoms with Crippen LogP contribution in [0.2, 0.25) is 0 Å². The molecule has 2 unspecified atom stereocenters. The molecule has 0 amide bonds. The molecule has 2 N–H and O–H groups in total. The molecule has 0 bridgehead atoms. The Morgan fingerprint density at radius 1 is 1.26 bits per heavy atom. The van der Waals surface area contributed by atoms with Crippen LogP contribution in [0.15, 0.2) is 42.2 Å². The lowest BCUT2D eigenvalue weighted by atomic mass is 9.74. The molecule has 0 spiro atoms. The van der Waals surface area contributed by atoms with Gasteiger partial charge in [-0.3, -0.25) is 0 Å². The van der Waals surface area contributed by atoms with E-state index in [-0.39, 0.29) is 0 Å². The first kappa shape index (κ1) is 16.9. The summed E-state index contributed by atoms with van der Waals surface area (Å²) in [7, 11) is 1.51. The fraction of sp³-hybridized carbons (Fsp3) is 0.312. The number of nitrogens with two attached hydrogens (primary N) is 1. The minimum atomic E-state index is -4.84. The van der Waals surface area contributed by atoms with Crippen LogP contribution in [0, 0.1) is 17.2 Å². The van der Waals surface area contributed by atoms with Gasteiger partial charge in [0.1, 0.15) is 11.5 Å². The number of hydrogen-bond acceptors (Lipinski definition) is 4. The number of ether oxygens (including phenoxy) is 2. The van der Waals surface area contributed by atoms with E-state index in [1.54, 1.807) is 31.2 Å². The Kier molecular flexibility index (Phi) is 4.39. The van der Waals surface area contributed by atoms with Crippen LogP contribution in [-0.4, -0.2) is 19.0 Å². The van der Waals surface area contributed by atoms with Gasteiger partial charge in [-0.2, -0.15) is 5.26 Å². The third-order valence-corrected chi connectivity index (χ3v) is 3.62. The number of nitriles is 1. The second kappa shape index (κ2) is 5.97.